The van der Waals surface area contributed by atoms with Crippen LogP contribution in [0, 0.1) is 19.8 Å². The first-order valence-corrected chi connectivity index (χ1v) is 12.6. The second kappa shape index (κ2) is 11.7. The van der Waals surface area contributed by atoms with Crippen molar-refractivity contribution in [3.8, 4) is 5.75 Å². The van der Waals surface area contributed by atoms with Crippen LogP contribution in [0.25, 0.3) is 10.9 Å². The third-order valence-electron chi connectivity index (χ3n) is 6.96. The van der Waals surface area contributed by atoms with Gasteiger partial charge in [0.1, 0.15) is 5.75 Å². The van der Waals surface area contributed by atoms with Crippen molar-refractivity contribution in [2.75, 3.05) is 7.11 Å². The molecule has 3 rings (SSSR count). The molecule has 3 aromatic rings. The van der Waals surface area contributed by atoms with Gasteiger partial charge in [-0.2, -0.15) is 0 Å². The van der Waals surface area contributed by atoms with E-state index < -0.39 is 6.17 Å². The minimum absolute atomic E-state index is 0.0140. The van der Waals surface area contributed by atoms with Gasteiger partial charge in [-0.25, -0.2) is 4.39 Å². The summed E-state index contributed by atoms with van der Waals surface area (Å²) in [6, 6.07) is 9.53. The highest BCUT2D eigenvalue weighted by Gasteiger charge is 2.27. The summed E-state index contributed by atoms with van der Waals surface area (Å²) in [7, 11) is 1.50. The van der Waals surface area contributed by atoms with Crippen LogP contribution in [0.5, 0.6) is 5.75 Å². The van der Waals surface area contributed by atoms with Crippen molar-refractivity contribution in [2.24, 2.45) is 11.7 Å². The van der Waals surface area contributed by atoms with E-state index in [1.54, 1.807) is 19.9 Å². The lowest BCUT2D eigenvalue weighted by Crippen LogP contribution is -2.28. The molecule has 1 amide bonds. The summed E-state index contributed by atoms with van der Waals surface area (Å²) in [4.78, 5) is 28.7. The Bertz CT molecular complexity index is 1260. The molecule has 0 spiro atoms. The number of H-pyrrole nitrogens is 1. The molecule has 0 aliphatic heterocycles. The van der Waals surface area contributed by atoms with Gasteiger partial charge in [-0.05, 0) is 71.9 Å². The molecule has 0 saturated heterocycles. The van der Waals surface area contributed by atoms with Gasteiger partial charge in [0.2, 0.25) is 0 Å². The number of alkyl halides is 1. The molecule has 0 aliphatic carbocycles. The Morgan fingerprint density at radius 2 is 1.89 bits per heavy atom. The fraction of sp³-hybridized carbons (Fsp3) is 0.500. The highest BCUT2D eigenvalue weighted by Crippen LogP contribution is 2.35. The number of nitrogens with two attached hydrogens (primary N) is 1. The van der Waals surface area contributed by atoms with Crippen LogP contribution in [0.2, 0.25) is 0 Å². The van der Waals surface area contributed by atoms with Crippen LogP contribution in [0.3, 0.4) is 0 Å². The Labute approximate surface area is 212 Å². The Hall–Kier alpha value is -3.13. The number of aryl methyl sites for hydroxylation is 1. The van der Waals surface area contributed by atoms with E-state index in [0.717, 1.165) is 23.0 Å². The van der Waals surface area contributed by atoms with Crippen molar-refractivity contribution in [1.29, 1.82) is 0 Å². The molecule has 2 aromatic heterocycles. The molecule has 0 fully saturated rings. The van der Waals surface area contributed by atoms with Crippen LogP contribution in [0.15, 0.2) is 35.1 Å². The summed E-state index contributed by atoms with van der Waals surface area (Å²) < 4.78 is 21.3. The van der Waals surface area contributed by atoms with E-state index in [4.69, 9.17) is 10.5 Å². The topological polar surface area (TPSA) is 102 Å². The minimum atomic E-state index is -0.876. The molecular weight excluding hydrogens is 459 g/mol. The second-order valence-electron chi connectivity index (χ2n) is 9.93. The van der Waals surface area contributed by atoms with E-state index in [-0.39, 0.29) is 36.0 Å². The third kappa shape index (κ3) is 5.98. The molecule has 4 unspecified atom stereocenters. The number of carbonyl (C=O) groups is 1. The van der Waals surface area contributed by atoms with Crippen LogP contribution in [-0.4, -0.2) is 34.8 Å². The highest BCUT2D eigenvalue weighted by molar-refractivity contribution is 6.08. The lowest BCUT2D eigenvalue weighted by atomic mass is 9.88. The number of aromatic nitrogens is 2. The quantitative estimate of drug-likeness (QED) is 0.349. The van der Waals surface area contributed by atoms with Crippen LogP contribution in [0.4, 0.5) is 4.39 Å². The number of halogens is 1. The van der Waals surface area contributed by atoms with Gasteiger partial charge in [0.25, 0.3) is 11.5 Å². The summed E-state index contributed by atoms with van der Waals surface area (Å²) in [6.45, 7) is 9.42. The first-order valence-electron chi connectivity index (χ1n) is 12.6. The normalized spacial score (nSPS) is 14.9. The smallest absolute Gasteiger partial charge is 0.256 e. The molecular formula is C28H39FN4O3. The van der Waals surface area contributed by atoms with Crippen molar-refractivity contribution in [3.05, 3.63) is 63.2 Å². The first kappa shape index (κ1) is 27.5. The predicted molar refractivity (Wildman–Crippen MR) is 142 cm³/mol. The van der Waals surface area contributed by atoms with E-state index in [1.807, 2.05) is 38.1 Å². The SMILES string of the molecule is COc1cc(C)[nH]c(=O)c1CNC(=O)c1c(C)n(C(C)C(CCC(C)F)CC(C)N)c2ccccc12. The number of amides is 1. The average Bonchev–Trinajstić information content (AvgIpc) is 3.11. The van der Waals surface area contributed by atoms with Gasteiger partial charge in [-0.3, -0.25) is 9.59 Å². The van der Waals surface area contributed by atoms with Gasteiger partial charge >= 0.3 is 0 Å². The maximum Gasteiger partial charge on any atom is 0.256 e. The number of carbonyl (C=O) groups excluding carboxylic acids is 1. The van der Waals surface area contributed by atoms with Crippen LogP contribution < -0.4 is 21.3 Å². The summed E-state index contributed by atoms with van der Waals surface area (Å²) in [5, 5.41) is 3.75. The molecule has 4 atom stereocenters. The highest BCUT2D eigenvalue weighted by atomic mass is 19.1. The van der Waals surface area contributed by atoms with E-state index in [2.05, 4.69) is 21.8 Å². The molecule has 7 nitrogen and oxygen atoms in total. The van der Waals surface area contributed by atoms with E-state index >= 15 is 0 Å². The van der Waals surface area contributed by atoms with Gasteiger partial charge in [0.05, 0.1) is 31.0 Å². The Balaban J connectivity index is 1.98. The average molecular weight is 499 g/mol. The zero-order chi connectivity index (χ0) is 26.6. The van der Waals surface area contributed by atoms with Gasteiger partial charge in [-0.15, -0.1) is 0 Å². The lowest BCUT2D eigenvalue weighted by Gasteiger charge is -2.29. The van der Waals surface area contributed by atoms with Gasteiger partial charge in [0.15, 0.2) is 0 Å². The maximum absolute atomic E-state index is 13.7. The number of nitrogens with zero attached hydrogens (tertiary/aromatic N) is 1. The summed E-state index contributed by atoms with van der Waals surface area (Å²) >= 11 is 0. The Morgan fingerprint density at radius 1 is 1.19 bits per heavy atom. The van der Waals surface area contributed by atoms with E-state index in [9.17, 15) is 14.0 Å². The number of methoxy groups -OCH3 is 1. The molecule has 36 heavy (non-hydrogen) atoms. The van der Waals surface area contributed by atoms with Crippen molar-refractivity contribution in [2.45, 2.75) is 78.7 Å². The lowest BCUT2D eigenvalue weighted by molar-refractivity contribution is 0.0951. The molecule has 0 saturated carbocycles. The summed E-state index contributed by atoms with van der Waals surface area (Å²) in [5.74, 6) is 0.326. The fourth-order valence-electron chi connectivity index (χ4n) is 5.18. The van der Waals surface area contributed by atoms with Gasteiger partial charge in [0, 0.05) is 34.4 Å². The van der Waals surface area contributed by atoms with Crippen molar-refractivity contribution in [3.63, 3.8) is 0 Å². The number of benzene rings is 1. The van der Waals surface area contributed by atoms with Crippen molar-refractivity contribution in [1.82, 2.24) is 14.9 Å². The first-order chi connectivity index (χ1) is 17.0. The Kier molecular flexibility index (Phi) is 8.95. The summed E-state index contributed by atoms with van der Waals surface area (Å²) in [5.41, 5.74) is 9.25. The molecule has 196 valence electrons. The molecule has 0 aliphatic rings. The molecule has 0 radical (unpaired) electrons. The zero-order valence-corrected chi connectivity index (χ0v) is 22.2. The van der Waals surface area contributed by atoms with Crippen molar-refractivity contribution < 1.29 is 13.9 Å². The zero-order valence-electron chi connectivity index (χ0n) is 22.2. The minimum Gasteiger partial charge on any atom is -0.496 e. The molecule has 4 N–H and O–H groups in total. The number of para-hydroxylation sites is 1. The molecule has 8 heteroatoms. The Morgan fingerprint density at radius 3 is 2.53 bits per heavy atom. The number of pyridine rings is 1. The van der Waals surface area contributed by atoms with Crippen LogP contribution >= 0.6 is 0 Å². The van der Waals surface area contributed by atoms with Crippen LogP contribution in [-0.2, 0) is 6.54 Å². The number of ether oxygens (including phenoxy) is 1. The van der Waals surface area contributed by atoms with Crippen molar-refractivity contribution >= 4 is 16.8 Å². The number of nitrogens with one attached hydrogen (secondary N) is 2. The number of aromatic amines is 1. The molecule has 0 bridgehead atoms. The molecule has 2 heterocycles. The van der Waals surface area contributed by atoms with Gasteiger partial charge in [-0.1, -0.05) is 18.2 Å². The van der Waals surface area contributed by atoms with E-state index in [0.29, 0.717) is 35.4 Å². The number of hydrogen-bond donors (Lipinski definition) is 3. The third-order valence-corrected chi connectivity index (χ3v) is 6.96. The molecule has 1 aromatic carbocycles. The number of hydrogen-bond acceptors (Lipinski definition) is 4. The summed E-state index contributed by atoms with van der Waals surface area (Å²) in [6.07, 6.45) is 1.07. The fourth-order valence-corrected chi connectivity index (χ4v) is 5.18. The number of fused-ring (bicyclic) bond motifs is 1. The standard InChI is InChI=1S/C28H39FN4O3/c1-16(29)11-12-21(13-17(2)30)19(4)33-20(5)26(22-9-7-8-10-24(22)33)28(35)31-15-23-25(36-6)14-18(3)32-27(23)34/h7-10,14,16-17,19,21H,11-13,15,30H2,1-6H3,(H,31,35)(H,32,34). The number of rotatable bonds is 11. The maximum atomic E-state index is 13.7. The largest absolute Gasteiger partial charge is 0.496 e. The predicted octanol–water partition coefficient (Wildman–Crippen LogP) is 4.94. The second-order valence-corrected chi connectivity index (χ2v) is 9.93. The van der Waals surface area contributed by atoms with E-state index in [1.165, 1.54) is 7.11 Å². The monoisotopic (exact) mass is 498 g/mol. The van der Waals surface area contributed by atoms with Crippen LogP contribution in [0.1, 0.15) is 73.4 Å². The van der Waals surface area contributed by atoms with Gasteiger partial charge < -0.3 is 25.3 Å².